The molecule has 3 unspecified atom stereocenters. The maximum Gasteiger partial charge on any atom is 0.334 e. The van der Waals surface area contributed by atoms with Gasteiger partial charge in [-0.3, -0.25) is 4.79 Å². The van der Waals surface area contributed by atoms with Crippen molar-refractivity contribution >= 4 is 11.9 Å². The summed E-state index contributed by atoms with van der Waals surface area (Å²) in [7, 11) is 0. The largest absolute Gasteiger partial charge is 0.461 e. The summed E-state index contributed by atoms with van der Waals surface area (Å²) in [6, 6.07) is 0. The molecule has 4 nitrogen and oxygen atoms in total. The first-order valence-corrected chi connectivity index (χ1v) is 9.64. The minimum atomic E-state index is -0.319. The molecule has 1 fully saturated rings. The van der Waals surface area contributed by atoms with E-state index in [4.69, 9.17) is 9.47 Å². The van der Waals surface area contributed by atoms with Crippen LogP contribution in [0.5, 0.6) is 0 Å². The zero-order valence-corrected chi connectivity index (χ0v) is 16.8. The van der Waals surface area contributed by atoms with E-state index in [-0.39, 0.29) is 30.6 Å². The van der Waals surface area contributed by atoms with Crippen molar-refractivity contribution in [3.63, 3.8) is 0 Å². The van der Waals surface area contributed by atoms with Crippen molar-refractivity contribution in [2.45, 2.75) is 72.8 Å². The zero-order valence-electron chi connectivity index (χ0n) is 16.8. The van der Waals surface area contributed by atoms with E-state index < -0.39 is 0 Å². The molecule has 2 bridgehead atoms. The van der Waals surface area contributed by atoms with Gasteiger partial charge in [0.05, 0.1) is 0 Å². The van der Waals surface area contributed by atoms with Crippen LogP contribution in [-0.4, -0.2) is 24.6 Å². The lowest BCUT2D eigenvalue weighted by Crippen LogP contribution is -2.25. The molecule has 144 valence electrons. The van der Waals surface area contributed by atoms with Crippen LogP contribution in [-0.2, 0) is 19.1 Å². The van der Waals surface area contributed by atoms with Gasteiger partial charge in [0.2, 0.25) is 0 Å². The Morgan fingerprint density at radius 3 is 2.77 bits per heavy atom. The fourth-order valence-electron chi connectivity index (χ4n) is 3.98. The van der Waals surface area contributed by atoms with Gasteiger partial charge in [0.15, 0.2) is 0 Å². The van der Waals surface area contributed by atoms with Crippen molar-refractivity contribution in [2.24, 2.45) is 11.8 Å². The predicted octanol–water partition coefficient (Wildman–Crippen LogP) is 4.90. The van der Waals surface area contributed by atoms with Crippen LogP contribution in [0.4, 0.5) is 0 Å². The standard InChI is InChI=1S/C22H32O4/c1-14(2)8-6-10-16(4)20-19-12-15(3)9-7-11-18(13-25-17(5)23)21(20)22(24)26-19/h8-9,16,19-20H,6-7,10-13H2,1-5H3. The van der Waals surface area contributed by atoms with Crippen molar-refractivity contribution in [1.82, 2.24) is 0 Å². The maximum absolute atomic E-state index is 12.7. The van der Waals surface area contributed by atoms with Crippen LogP contribution < -0.4 is 0 Å². The third-order valence-electron chi connectivity index (χ3n) is 5.29. The van der Waals surface area contributed by atoms with E-state index in [1.165, 1.54) is 18.1 Å². The second-order valence-electron chi connectivity index (χ2n) is 7.90. The molecule has 1 heterocycles. The summed E-state index contributed by atoms with van der Waals surface area (Å²) in [5.74, 6) is -0.137. The van der Waals surface area contributed by atoms with Crippen LogP contribution in [0.2, 0.25) is 0 Å². The molecule has 0 aromatic rings. The Bertz CT molecular complexity index is 635. The highest BCUT2D eigenvalue weighted by atomic mass is 16.6. The molecule has 0 aromatic heterocycles. The number of fused-ring (bicyclic) bond motifs is 2. The minimum absolute atomic E-state index is 0.0695. The van der Waals surface area contributed by atoms with Gasteiger partial charge in [-0.15, -0.1) is 0 Å². The average Bonchev–Trinajstić information content (AvgIpc) is 2.88. The number of esters is 2. The lowest BCUT2D eigenvalue weighted by molar-refractivity contribution is -0.141. The highest BCUT2D eigenvalue weighted by molar-refractivity contribution is 5.92. The quantitative estimate of drug-likeness (QED) is 0.499. The summed E-state index contributed by atoms with van der Waals surface area (Å²) >= 11 is 0. The van der Waals surface area contributed by atoms with E-state index in [2.05, 4.69) is 39.8 Å². The van der Waals surface area contributed by atoms with Gasteiger partial charge in [-0.05, 0) is 57.9 Å². The predicted molar refractivity (Wildman–Crippen MR) is 102 cm³/mol. The van der Waals surface area contributed by atoms with Gasteiger partial charge in [-0.2, -0.15) is 0 Å². The van der Waals surface area contributed by atoms with Crippen LogP contribution in [0.3, 0.4) is 0 Å². The van der Waals surface area contributed by atoms with Crippen LogP contribution in [0, 0.1) is 11.8 Å². The zero-order chi connectivity index (χ0) is 19.3. The number of ether oxygens (including phenoxy) is 2. The highest BCUT2D eigenvalue weighted by Gasteiger charge is 2.44. The van der Waals surface area contributed by atoms with Gasteiger partial charge in [0.25, 0.3) is 0 Å². The molecule has 3 atom stereocenters. The fourth-order valence-corrected chi connectivity index (χ4v) is 3.98. The first-order chi connectivity index (χ1) is 12.3. The van der Waals surface area contributed by atoms with E-state index in [1.807, 2.05) is 0 Å². The summed E-state index contributed by atoms with van der Waals surface area (Å²) in [5.41, 5.74) is 4.27. The van der Waals surface area contributed by atoms with Crippen molar-refractivity contribution in [1.29, 1.82) is 0 Å². The normalized spacial score (nSPS) is 24.0. The molecule has 1 aliphatic carbocycles. The van der Waals surface area contributed by atoms with Crippen molar-refractivity contribution in [2.75, 3.05) is 6.61 Å². The van der Waals surface area contributed by atoms with Crippen molar-refractivity contribution < 1.29 is 19.1 Å². The molecule has 0 radical (unpaired) electrons. The van der Waals surface area contributed by atoms with Crippen LogP contribution in [0.1, 0.15) is 66.7 Å². The first-order valence-electron chi connectivity index (χ1n) is 9.64. The molecule has 26 heavy (non-hydrogen) atoms. The first kappa shape index (κ1) is 20.5. The Morgan fingerprint density at radius 2 is 2.12 bits per heavy atom. The van der Waals surface area contributed by atoms with Crippen LogP contribution in [0.25, 0.3) is 0 Å². The number of hydrogen-bond acceptors (Lipinski definition) is 4. The van der Waals surface area contributed by atoms with E-state index in [0.29, 0.717) is 5.92 Å². The van der Waals surface area contributed by atoms with Crippen molar-refractivity contribution in [3.8, 4) is 0 Å². The molecule has 2 rings (SSSR count). The number of hydrogen-bond donors (Lipinski definition) is 0. The maximum atomic E-state index is 12.7. The molecule has 1 aliphatic heterocycles. The van der Waals surface area contributed by atoms with E-state index in [9.17, 15) is 9.59 Å². The van der Waals surface area contributed by atoms with E-state index >= 15 is 0 Å². The summed E-state index contributed by atoms with van der Waals surface area (Å²) in [4.78, 5) is 24.0. The summed E-state index contributed by atoms with van der Waals surface area (Å²) in [6.45, 7) is 10.1. The lowest BCUT2D eigenvalue weighted by atomic mass is 9.78. The van der Waals surface area contributed by atoms with Crippen molar-refractivity contribution in [3.05, 3.63) is 34.4 Å². The molecule has 1 saturated heterocycles. The van der Waals surface area contributed by atoms with Gasteiger partial charge in [0.1, 0.15) is 12.7 Å². The van der Waals surface area contributed by atoms with Gasteiger partial charge < -0.3 is 9.47 Å². The van der Waals surface area contributed by atoms with Gasteiger partial charge in [0, 0.05) is 24.8 Å². The Balaban J connectivity index is 2.33. The molecule has 0 N–H and O–H groups in total. The lowest BCUT2D eigenvalue weighted by Gasteiger charge is -2.25. The Morgan fingerprint density at radius 1 is 1.38 bits per heavy atom. The minimum Gasteiger partial charge on any atom is -0.461 e. The Kier molecular flexibility index (Phi) is 7.24. The molecule has 0 aromatic carbocycles. The fraction of sp³-hybridized carbons (Fsp3) is 0.636. The summed E-state index contributed by atoms with van der Waals surface area (Å²) < 4.78 is 11.0. The second kappa shape index (κ2) is 9.20. The number of carbonyl (C=O) groups excluding carboxylic acids is 2. The van der Waals surface area contributed by atoms with E-state index in [1.54, 1.807) is 0 Å². The Hall–Kier alpha value is -1.84. The molecule has 0 spiro atoms. The Labute approximate surface area is 157 Å². The third-order valence-corrected chi connectivity index (χ3v) is 5.29. The molecule has 0 saturated carbocycles. The van der Waals surface area contributed by atoms with Gasteiger partial charge in [-0.1, -0.05) is 30.2 Å². The topological polar surface area (TPSA) is 52.6 Å². The van der Waals surface area contributed by atoms with Gasteiger partial charge in [-0.25, -0.2) is 4.79 Å². The third kappa shape index (κ3) is 5.33. The summed E-state index contributed by atoms with van der Waals surface area (Å²) in [5, 5.41) is 0. The smallest absolute Gasteiger partial charge is 0.334 e. The second-order valence-corrected chi connectivity index (χ2v) is 7.90. The number of allylic oxidation sites excluding steroid dienone is 3. The number of rotatable bonds is 6. The SMILES string of the molecule is CC(=O)OCC1=C2C(=O)OC(CC(C)=CCC1)C2C(C)CCC=C(C)C. The highest BCUT2D eigenvalue weighted by Crippen LogP contribution is 2.42. The molecule has 0 amide bonds. The molecular weight excluding hydrogens is 328 g/mol. The monoisotopic (exact) mass is 360 g/mol. The van der Waals surface area contributed by atoms with Crippen LogP contribution >= 0.6 is 0 Å². The van der Waals surface area contributed by atoms with Gasteiger partial charge >= 0.3 is 11.9 Å². The molecular formula is C22H32O4. The average molecular weight is 360 g/mol. The molecule has 4 heteroatoms. The molecule has 2 aliphatic rings. The number of carbonyl (C=O) groups is 2. The van der Waals surface area contributed by atoms with E-state index in [0.717, 1.165) is 43.3 Å². The summed E-state index contributed by atoms with van der Waals surface area (Å²) in [6.07, 6.45) is 8.75. The van der Waals surface area contributed by atoms with Crippen LogP contribution in [0.15, 0.2) is 34.4 Å².